The third-order valence-electron chi connectivity index (χ3n) is 6.64. The summed E-state index contributed by atoms with van der Waals surface area (Å²) in [6.07, 6.45) is -7.44. The van der Waals surface area contributed by atoms with Gasteiger partial charge in [0, 0.05) is 23.1 Å². The van der Waals surface area contributed by atoms with Crippen LogP contribution in [0.1, 0.15) is 60.4 Å². The molecule has 43 heavy (non-hydrogen) atoms. The van der Waals surface area contributed by atoms with Crippen molar-refractivity contribution < 1.29 is 58.9 Å². The molecule has 0 atom stereocenters. The van der Waals surface area contributed by atoms with Gasteiger partial charge in [0.1, 0.15) is 28.8 Å². The van der Waals surface area contributed by atoms with Crippen LogP contribution in [-0.4, -0.2) is 25.5 Å². The van der Waals surface area contributed by atoms with Gasteiger partial charge in [-0.25, -0.2) is 22.7 Å². The normalized spacial score (nSPS) is 17.6. The van der Waals surface area contributed by atoms with Gasteiger partial charge in [0.25, 0.3) is 0 Å². The first-order valence-corrected chi connectivity index (χ1v) is 13.3. The van der Waals surface area contributed by atoms with Crippen LogP contribution in [0.25, 0.3) is 11.1 Å². The van der Waals surface area contributed by atoms with Crippen molar-refractivity contribution in [1.29, 1.82) is 0 Å². The third-order valence-corrected chi connectivity index (χ3v) is 6.64. The van der Waals surface area contributed by atoms with Crippen LogP contribution in [0.15, 0.2) is 54.6 Å². The average molecular weight is 619 g/mol. The van der Waals surface area contributed by atoms with E-state index in [1.54, 1.807) is 12.1 Å². The second-order valence-corrected chi connectivity index (χ2v) is 9.89. The number of hydrogen-bond acceptors (Lipinski definition) is 5. The van der Waals surface area contributed by atoms with Crippen LogP contribution < -0.4 is 4.74 Å². The number of carbonyl (C=O) groups is 1. The molecule has 0 aliphatic carbocycles. The monoisotopic (exact) mass is 618 g/mol. The summed E-state index contributed by atoms with van der Waals surface area (Å²) in [5.41, 5.74) is -2.60. The van der Waals surface area contributed by atoms with Gasteiger partial charge < -0.3 is 14.2 Å². The number of hydrogen-bond donors (Lipinski definition) is 0. The molecule has 0 unspecified atom stereocenters. The summed E-state index contributed by atoms with van der Waals surface area (Å²) in [5.74, 6) is -6.18. The van der Waals surface area contributed by atoms with Crippen LogP contribution in [0, 0.1) is 23.4 Å². The lowest BCUT2D eigenvalue weighted by Crippen LogP contribution is -2.29. The zero-order valence-corrected chi connectivity index (χ0v) is 22.7. The van der Waals surface area contributed by atoms with Crippen LogP contribution in [0.4, 0.5) is 35.1 Å². The van der Waals surface area contributed by atoms with Crippen LogP contribution in [0.2, 0.25) is 0 Å². The van der Waals surface area contributed by atoms with Gasteiger partial charge >= 0.3 is 18.4 Å². The highest BCUT2D eigenvalue weighted by molar-refractivity contribution is 5.91. The Morgan fingerprint density at radius 3 is 2.05 bits per heavy atom. The van der Waals surface area contributed by atoms with E-state index in [0.717, 1.165) is 37.8 Å². The topological polar surface area (TPSA) is 54.0 Å². The molecule has 0 radical (unpaired) electrons. The summed E-state index contributed by atoms with van der Waals surface area (Å²) in [6, 6.07) is 9.38. The minimum absolute atomic E-state index is 0.114. The number of esters is 1. The molecule has 232 valence electrons. The van der Waals surface area contributed by atoms with Crippen molar-refractivity contribution in [3.63, 3.8) is 0 Å². The largest absolute Gasteiger partial charge is 0.527 e. The van der Waals surface area contributed by atoms with Crippen LogP contribution >= 0.6 is 0 Å². The number of benzene rings is 3. The van der Waals surface area contributed by atoms with Gasteiger partial charge in [0.2, 0.25) is 0 Å². The van der Waals surface area contributed by atoms with Gasteiger partial charge in [-0.2, -0.15) is 8.78 Å². The van der Waals surface area contributed by atoms with Gasteiger partial charge in [-0.1, -0.05) is 38.3 Å². The Hall–Kier alpha value is -3.55. The van der Waals surface area contributed by atoms with E-state index >= 15 is 0 Å². The van der Waals surface area contributed by atoms with E-state index < -0.39 is 58.9 Å². The molecule has 1 heterocycles. The fraction of sp³-hybridized carbons (Fsp3) is 0.367. The van der Waals surface area contributed by atoms with Crippen molar-refractivity contribution >= 4 is 5.97 Å². The van der Waals surface area contributed by atoms with E-state index in [9.17, 15) is 39.9 Å². The molecular formula is C30H26F8O5. The molecule has 0 N–H and O–H groups in total. The molecule has 0 saturated carbocycles. The molecule has 3 aromatic rings. The number of alkyl halides is 5. The van der Waals surface area contributed by atoms with Crippen LogP contribution in [-0.2, 0) is 20.3 Å². The zero-order chi connectivity index (χ0) is 31.4. The van der Waals surface area contributed by atoms with Crippen molar-refractivity contribution in [2.45, 2.75) is 51.4 Å². The maximum Gasteiger partial charge on any atom is 0.527 e. The predicted octanol–water partition coefficient (Wildman–Crippen LogP) is 8.82. The first-order chi connectivity index (χ1) is 20.3. The first-order valence-electron chi connectivity index (χ1n) is 13.3. The van der Waals surface area contributed by atoms with Crippen molar-refractivity contribution in [2.75, 3.05) is 13.2 Å². The van der Waals surface area contributed by atoms with Gasteiger partial charge in [-0.15, -0.1) is 13.2 Å². The lowest BCUT2D eigenvalue weighted by Gasteiger charge is -2.29. The van der Waals surface area contributed by atoms with E-state index in [-0.39, 0.29) is 23.4 Å². The summed E-state index contributed by atoms with van der Waals surface area (Å²) in [6.45, 7) is 3.25. The molecule has 0 bridgehead atoms. The Balaban J connectivity index is 1.40. The maximum absolute atomic E-state index is 14.8. The molecule has 0 amide bonds. The van der Waals surface area contributed by atoms with E-state index in [4.69, 9.17) is 14.2 Å². The average Bonchev–Trinajstić information content (AvgIpc) is 2.92. The number of halogens is 8. The lowest BCUT2D eigenvalue weighted by atomic mass is 10.0. The van der Waals surface area contributed by atoms with E-state index in [1.165, 1.54) is 12.1 Å². The fourth-order valence-electron chi connectivity index (χ4n) is 4.52. The molecule has 1 fully saturated rings. The zero-order valence-electron chi connectivity index (χ0n) is 22.7. The smallest absolute Gasteiger partial charge is 0.423 e. The quantitative estimate of drug-likeness (QED) is 0.0984. The number of ether oxygens (including phenoxy) is 4. The van der Waals surface area contributed by atoms with Gasteiger partial charge in [-0.3, -0.25) is 0 Å². The van der Waals surface area contributed by atoms with Gasteiger partial charge in [-0.05, 0) is 48.4 Å². The molecule has 13 heteroatoms. The predicted molar refractivity (Wildman–Crippen MR) is 136 cm³/mol. The minimum atomic E-state index is -5.89. The molecule has 3 aromatic carbocycles. The van der Waals surface area contributed by atoms with Crippen LogP contribution in [0.5, 0.6) is 5.75 Å². The SMILES string of the molecule is CCCCCC1COC(c2ccc(C(=O)Oc3ccc(-c4cc(F)c(C(F)(F)OC(F)(F)F)c(F)c4)c(F)c3)cc2)OC1. The molecule has 0 aromatic heterocycles. The van der Waals surface area contributed by atoms with Gasteiger partial charge in [0.05, 0.1) is 18.8 Å². The summed E-state index contributed by atoms with van der Waals surface area (Å²) in [7, 11) is 0. The van der Waals surface area contributed by atoms with Crippen LogP contribution in [0.3, 0.4) is 0 Å². The highest BCUT2D eigenvalue weighted by Gasteiger charge is 2.49. The highest BCUT2D eigenvalue weighted by atomic mass is 19.4. The molecule has 1 saturated heterocycles. The summed E-state index contributed by atoms with van der Waals surface area (Å²) in [4.78, 5) is 12.6. The Morgan fingerprint density at radius 2 is 1.49 bits per heavy atom. The lowest BCUT2D eigenvalue weighted by molar-refractivity contribution is -0.432. The van der Waals surface area contributed by atoms with E-state index in [2.05, 4.69) is 11.7 Å². The Bertz CT molecular complexity index is 1390. The molecule has 1 aliphatic heterocycles. The Morgan fingerprint density at radius 1 is 0.860 bits per heavy atom. The Labute approximate surface area is 241 Å². The number of carbonyl (C=O) groups excluding carboxylic acids is 1. The fourth-order valence-corrected chi connectivity index (χ4v) is 4.52. The Kier molecular flexibility index (Phi) is 10.1. The summed E-state index contributed by atoms with van der Waals surface area (Å²) >= 11 is 0. The second-order valence-electron chi connectivity index (χ2n) is 9.89. The van der Waals surface area contributed by atoms with Crippen molar-refractivity contribution in [3.05, 3.63) is 88.7 Å². The summed E-state index contributed by atoms with van der Waals surface area (Å²) in [5, 5.41) is 0. The van der Waals surface area contributed by atoms with Crippen molar-refractivity contribution in [2.24, 2.45) is 5.92 Å². The standard InChI is InChI=1S/C30H26F8O5/c1-2-3-4-5-17-15-40-28(41-16-17)19-8-6-18(7-9-19)27(39)42-21-10-11-22(23(31)14-21)20-12-24(32)26(25(33)13-20)29(34,35)43-30(36,37)38/h6-14,17,28H,2-5,15-16H2,1H3. The summed E-state index contributed by atoms with van der Waals surface area (Å²) < 4.78 is 127. The van der Waals surface area contributed by atoms with E-state index in [1.807, 2.05) is 0 Å². The maximum atomic E-state index is 14.8. The van der Waals surface area contributed by atoms with Gasteiger partial charge in [0.15, 0.2) is 6.29 Å². The molecule has 4 rings (SSSR count). The van der Waals surface area contributed by atoms with Crippen molar-refractivity contribution in [1.82, 2.24) is 0 Å². The molecule has 1 aliphatic rings. The number of unbranched alkanes of at least 4 members (excludes halogenated alkanes) is 2. The minimum Gasteiger partial charge on any atom is -0.423 e. The number of rotatable bonds is 10. The van der Waals surface area contributed by atoms with E-state index in [0.29, 0.717) is 30.8 Å². The first kappa shape index (κ1) is 32.4. The highest BCUT2D eigenvalue weighted by Crippen LogP contribution is 2.40. The third kappa shape index (κ3) is 8.30. The molecule has 5 nitrogen and oxygen atoms in total. The molecular weight excluding hydrogens is 592 g/mol. The molecule has 0 spiro atoms. The van der Waals surface area contributed by atoms with Crippen molar-refractivity contribution in [3.8, 4) is 16.9 Å². The second kappa shape index (κ2) is 13.4.